The molecule has 0 bridgehead atoms. The molecule has 1 atom stereocenters. The first-order chi connectivity index (χ1) is 8.80. The van der Waals surface area contributed by atoms with E-state index in [1.807, 2.05) is 0 Å². The lowest BCUT2D eigenvalue weighted by molar-refractivity contribution is 0.0595. The van der Waals surface area contributed by atoms with Gasteiger partial charge in [-0.15, -0.1) is 0 Å². The smallest absolute Gasteiger partial charge is 0.338 e. The van der Waals surface area contributed by atoms with Crippen LogP contribution in [0, 0.1) is 17.1 Å². The highest BCUT2D eigenvalue weighted by atomic mass is 79.9. The van der Waals surface area contributed by atoms with E-state index in [0.29, 0.717) is 0 Å². The topological polar surface area (TPSA) is 50.1 Å². The summed E-state index contributed by atoms with van der Waals surface area (Å²) >= 11 is 2.86. The number of carbonyl (C=O) groups excluding carboxylic acids is 1. The molecule has 0 amide bonds. The van der Waals surface area contributed by atoms with Gasteiger partial charge in [0.05, 0.1) is 23.2 Å². The van der Waals surface area contributed by atoms with Crippen LogP contribution in [0.25, 0.3) is 0 Å². The fraction of sp³-hybridized carbons (Fsp3) is 0.333. The maximum absolute atomic E-state index is 14.1. The Kier molecular flexibility index (Phi) is 3.09. The van der Waals surface area contributed by atoms with Crippen LogP contribution in [0.2, 0.25) is 0 Å². The zero-order chi connectivity index (χ0) is 14.4. The van der Waals surface area contributed by atoms with Crippen LogP contribution in [-0.4, -0.2) is 19.0 Å². The molecule has 0 spiro atoms. The van der Waals surface area contributed by atoms with Crippen molar-refractivity contribution in [2.45, 2.75) is 17.8 Å². The minimum Gasteiger partial charge on any atom is -0.465 e. The van der Waals surface area contributed by atoms with E-state index in [1.54, 1.807) is 0 Å². The lowest BCUT2D eigenvalue weighted by Gasteiger charge is -2.14. The third kappa shape index (κ3) is 1.82. The zero-order valence-electron chi connectivity index (χ0n) is 9.64. The van der Waals surface area contributed by atoms with Gasteiger partial charge in [0.1, 0.15) is 5.82 Å². The van der Waals surface area contributed by atoms with Crippen LogP contribution < -0.4 is 0 Å². The minimum absolute atomic E-state index is 0.0903. The molecule has 1 aliphatic carbocycles. The number of benzene rings is 1. The molecule has 0 heterocycles. The van der Waals surface area contributed by atoms with Crippen molar-refractivity contribution in [3.63, 3.8) is 0 Å². The highest BCUT2D eigenvalue weighted by molar-refractivity contribution is 9.10. The number of hydrogen-bond acceptors (Lipinski definition) is 3. The second-order valence-corrected chi connectivity index (χ2v) is 5.03. The van der Waals surface area contributed by atoms with Crippen molar-refractivity contribution >= 4 is 21.9 Å². The quantitative estimate of drug-likeness (QED) is 0.781. The van der Waals surface area contributed by atoms with Gasteiger partial charge in [0.2, 0.25) is 0 Å². The van der Waals surface area contributed by atoms with E-state index in [2.05, 4.69) is 20.7 Å². The number of methoxy groups -OCH3 is 1. The number of alkyl halides is 2. The highest BCUT2D eigenvalue weighted by Crippen LogP contribution is 2.62. The Balaban J connectivity index is 2.73. The number of halogens is 4. The molecule has 0 radical (unpaired) electrons. The van der Waals surface area contributed by atoms with Crippen molar-refractivity contribution in [3.8, 4) is 6.07 Å². The fourth-order valence-corrected chi connectivity index (χ4v) is 2.32. The van der Waals surface area contributed by atoms with Gasteiger partial charge >= 0.3 is 5.97 Å². The van der Waals surface area contributed by atoms with Gasteiger partial charge < -0.3 is 4.74 Å². The summed E-state index contributed by atoms with van der Waals surface area (Å²) in [7, 11) is 1.05. The second kappa shape index (κ2) is 4.23. The fourth-order valence-electron chi connectivity index (χ4n) is 1.99. The molecule has 0 N–H and O–H groups in total. The number of esters is 1. The monoisotopic (exact) mass is 333 g/mol. The Morgan fingerprint density at radius 3 is 2.53 bits per heavy atom. The largest absolute Gasteiger partial charge is 0.465 e. The Morgan fingerprint density at radius 2 is 2.11 bits per heavy atom. The number of hydrogen-bond donors (Lipinski definition) is 0. The normalized spacial score (nSPS) is 23.6. The van der Waals surface area contributed by atoms with Crippen molar-refractivity contribution in [1.82, 2.24) is 0 Å². The molecule has 1 fully saturated rings. The van der Waals surface area contributed by atoms with E-state index in [1.165, 1.54) is 12.1 Å². The van der Waals surface area contributed by atoms with Crippen LogP contribution in [0.1, 0.15) is 22.3 Å². The zero-order valence-corrected chi connectivity index (χ0v) is 11.2. The van der Waals surface area contributed by atoms with Crippen molar-refractivity contribution in [2.24, 2.45) is 0 Å². The molecule has 1 aromatic carbocycles. The predicted molar refractivity (Wildman–Crippen MR) is 62.3 cm³/mol. The molecule has 1 aromatic rings. The van der Waals surface area contributed by atoms with E-state index < -0.39 is 35.1 Å². The first kappa shape index (κ1) is 13.9. The SMILES string of the molecule is COC(=O)c1ccc(Br)c(F)c1C1(C#N)CC1(F)F. The minimum atomic E-state index is -3.36. The maximum Gasteiger partial charge on any atom is 0.338 e. The molecule has 0 aromatic heterocycles. The summed E-state index contributed by atoms with van der Waals surface area (Å²) in [6, 6.07) is 3.79. The lowest BCUT2D eigenvalue weighted by Crippen LogP contribution is -2.21. The summed E-state index contributed by atoms with van der Waals surface area (Å²) < 4.78 is 45.3. The van der Waals surface area contributed by atoms with Crippen molar-refractivity contribution in [2.75, 3.05) is 7.11 Å². The predicted octanol–water partition coefficient (Wildman–Crippen LogP) is 3.18. The first-order valence-corrected chi connectivity index (χ1v) is 5.96. The van der Waals surface area contributed by atoms with Gasteiger partial charge in [-0.3, -0.25) is 0 Å². The molecule has 1 unspecified atom stereocenters. The van der Waals surface area contributed by atoms with Gasteiger partial charge in [0, 0.05) is 12.0 Å². The summed E-state index contributed by atoms with van der Waals surface area (Å²) in [6.45, 7) is 0. The van der Waals surface area contributed by atoms with Crippen LogP contribution in [0.5, 0.6) is 0 Å². The van der Waals surface area contributed by atoms with E-state index in [4.69, 9.17) is 5.26 Å². The highest BCUT2D eigenvalue weighted by Gasteiger charge is 2.75. The molecule has 100 valence electrons. The van der Waals surface area contributed by atoms with Crippen LogP contribution >= 0.6 is 15.9 Å². The molecule has 0 aliphatic heterocycles. The average molecular weight is 334 g/mol. The van der Waals surface area contributed by atoms with Crippen molar-refractivity contribution in [1.29, 1.82) is 5.26 Å². The summed E-state index contributed by atoms with van der Waals surface area (Å²) in [5.41, 5.74) is -3.27. The number of rotatable bonds is 2. The summed E-state index contributed by atoms with van der Waals surface area (Å²) in [5.74, 6) is -5.35. The Morgan fingerprint density at radius 1 is 1.53 bits per heavy atom. The van der Waals surface area contributed by atoms with E-state index in [-0.39, 0.29) is 10.0 Å². The van der Waals surface area contributed by atoms with Gasteiger partial charge in [-0.25, -0.2) is 18.0 Å². The van der Waals surface area contributed by atoms with Gasteiger partial charge in [-0.1, -0.05) is 0 Å². The third-order valence-electron chi connectivity index (χ3n) is 3.10. The molecule has 0 saturated heterocycles. The Bertz CT molecular complexity index is 612. The second-order valence-electron chi connectivity index (χ2n) is 4.17. The molecule has 2 rings (SSSR count). The van der Waals surface area contributed by atoms with E-state index in [9.17, 15) is 18.0 Å². The molecular formula is C12H7BrF3NO2. The molecule has 1 saturated carbocycles. The van der Waals surface area contributed by atoms with Crippen LogP contribution in [0.3, 0.4) is 0 Å². The van der Waals surface area contributed by atoms with Crippen molar-refractivity contribution < 1.29 is 22.7 Å². The summed E-state index contributed by atoms with van der Waals surface area (Å²) in [5, 5.41) is 8.98. The van der Waals surface area contributed by atoms with E-state index >= 15 is 0 Å². The standard InChI is InChI=1S/C12H7BrF3NO2/c1-19-10(18)6-2-3-7(13)9(14)8(6)11(5-17)4-12(11,15)16/h2-3H,4H2,1H3. The van der Waals surface area contributed by atoms with Gasteiger partial charge in [-0.2, -0.15) is 5.26 Å². The molecule has 3 nitrogen and oxygen atoms in total. The Hall–Kier alpha value is -1.55. The summed E-state index contributed by atoms with van der Waals surface area (Å²) in [4.78, 5) is 11.5. The number of carbonyl (C=O) groups is 1. The average Bonchev–Trinajstić information content (AvgIpc) is 2.94. The number of ether oxygens (including phenoxy) is 1. The number of nitrogens with zero attached hydrogens (tertiary/aromatic N) is 1. The maximum atomic E-state index is 14.1. The Labute approximate surface area is 115 Å². The molecule has 7 heteroatoms. The number of nitriles is 1. The van der Waals surface area contributed by atoms with Crippen LogP contribution in [-0.2, 0) is 10.2 Å². The summed E-state index contributed by atoms with van der Waals surface area (Å²) in [6.07, 6.45) is -0.812. The van der Waals surface area contributed by atoms with Gasteiger partial charge in [0.15, 0.2) is 5.41 Å². The third-order valence-corrected chi connectivity index (χ3v) is 3.72. The lowest BCUT2D eigenvalue weighted by atomic mass is 9.91. The van der Waals surface area contributed by atoms with Gasteiger partial charge in [0.25, 0.3) is 5.92 Å². The molecular weight excluding hydrogens is 327 g/mol. The molecule has 19 heavy (non-hydrogen) atoms. The van der Waals surface area contributed by atoms with Crippen molar-refractivity contribution in [3.05, 3.63) is 33.5 Å². The molecule has 1 aliphatic rings. The van der Waals surface area contributed by atoms with Crippen LogP contribution in [0.4, 0.5) is 13.2 Å². The van der Waals surface area contributed by atoms with E-state index in [0.717, 1.165) is 13.2 Å². The van der Waals surface area contributed by atoms with Gasteiger partial charge in [-0.05, 0) is 28.1 Å². The first-order valence-electron chi connectivity index (χ1n) is 5.16. The van der Waals surface area contributed by atoms with Crippen LogP contribution in [0.15, 0.2) is 16.6 Å².